The molecule has 0 saturated heterocycles. The number of likely N-dealkylation sites (N-methyl/N-ethyl adjacent to an activating group) is 1. The number of amides is 1. The first-order valence-corrected chi connectivity index (χ1v) is 4.75. The third-order valence-electron chi connectivity index (χ3n) is 1.92. The van der Waals surface area contributed by atoms with Gasteiger partial charge in [-0.1, -0.05) is 6.58 Å². The molecule has 0 heterocycles. The van der Waals surface area contributed by atoms with Crippen LogP contribution in [-0.4, -0.2) is 20.1 Å². The van der Waals surface area contributed by atoms with E-state index in [9.17, 15) is 4.79 Å². The zero-order valence-corrected chi connectivity index (χ0v) is 10.1. The van der Waals surface area contributed by atoms with Crippen LogP contribution in [0.4, 0.5) is 0 Å². The normalized spacial score (nSPS) is 10.6. The number of carbonyl (C=O) groups is 1. The van der Waals surface area contributed by atoms with E-state index in [1.807, 2.05) is 13.8 Å². The minimum absolute atomic E-state index is 0.154. The Bertz CT molecular complexity index is 321. The fraction of sp³-hybridized carbons (Fsp3) is 0.417. The highest BCUT2D eigenvalue weighted by Gasteiger charge is 2.09. The summed E-state index contributed by atoms with van der Waals surface area (Å²) in [5.74, 6) is 0.537. The van der Waals surface area contributed by atoms with E-state index in [2.05, 4.69) is 11.9 Å². The molecular formula is C12H19NO2. The van der Waals surface area contributed by atoms with Gasteiger partial charge in [-0.2, -0.15) is 0 Å². The molecule has 0 saturated carbocycles. The van der Waals surface area contributed by atoms with E-state index >= 15 is 0 Å². The number of carbonyl (C=O) groups excluding carboxylic acids is 1. The summed E-state index contributed by atoms with van der Waals surface area (Å²) in [6.45, 7) is 9.41. The zero-order valence-electron chi connectivity index (χ0n) is 10.1. The van der Waals surface area contributed by atoms with Gasteiger partial charge in [-0.15, -0.1) is 0 Å². The van der Waals surface area contributed by atoms with Crippen molar-refractivity contribution in [2.45, 2.75) is 20.8 Å². The number of rotatable bonds is 4. The van der Waals surface area contributed by atoms with Crippen LogP contribution in [0.1, 0.15) is 20.8 Å². The maximum atomic E-state index is 11.5. The second-order valence-electron chi connectivity index (χ2n) is 3.49. The van der Waals surface area contributed by atoms with Crippen molar-refractivity contribution >= 4 is 5.91 Å². The van der Waals surface area contributed by atoms with E-state index in [0.717, 1.165) is 5.57 Å². The van der Waals surface area contributed by atoms with E-state index in [-0.39, 0.29) is 5.91 Å². The Labute approximate surface area is 91.5 Å². The topological polar surface area (TPSA) is 38.3 Å². The molecule has 0 bridgehead atoms. The van der Waals surface area contributed by atoms with Gasteiger partial charge in [0.15, 0.2) is 0 Å². The molecule has 0 aliphatic rings. The lowest BCUT2D eigenvalue weighted by atomic mass is 10.1. The van der Waals surface area contributed by atoms with Crippen molar-refractivity contribution in [3.63, 3.8) is 0 Å². The predicted molar refractivity (Wildman–Crippen MR) is 62.3 cm³/mol. The molecule has 0 spiro atoms. The first kappa shape index (κ1) is 13.5. The standard InChI is InChI=1S/C12H19NO2/c1-8(2)10(12(14)13-5)7-11(15-6)9(3)4/h7H,1H2,2-6H3,(H,13,14)/b10-7+. The predicted octanol–water partition coefficient (Wildman–Crippen LogP) is 2.18. The van der Waals surface area contributed by atoms with Gasteiger partial charge in [-0.25, -0.2) is 0 Å². The fourth-order valence-corrected chi connectivity index (χ4v) is 1.06. The van der Waals surface area contributed by atoms with Crippen molar-refractivity contribution < 1.29 is 9.53 Å². The summed E-state index contributed by atoms with van der Waals surface area (Å²) in [5.41, 5.74) is 2.26. The molecule has 3 nitrogen and oxygen atoms in total. The average molecular weight is 209 g/mol. The van der Waals surface area contributed by atoms with Crippen molar-refractivity contribution in [3.05, 3.63) is 35.1 Å². The minimum Gasteiger partial charge on any atom is -0.497 e. The van der Waals surface area contributed by atoms with Gasteiger partial charge >= 0.3 is 0 Å². The highest BCUT2D eigenvalue weighted by Crippen LogP contribution is 2.14. The van der Waals surface area contributed by atoms with E-state index in [4.69, 9.17) is 4.74 Å². The van der Waals surface area contributed by atoms with Gasteiger partial charge in [0.05, 0.1) is 7.11 Å². The lowest BCUT2D eigenvalue weighted by Crippen LogP contribution is -2.20. The molecule has 0 atom stereocenters. The fourth-order valence-electron chi connectivity index (χ4n) is 1.06. The molecule has 0 aliphatic carbocycles. The number of allylic oxidation sites excluding steroid dienone is 2. The molecule has 0 aromatic carbocycles. The number of methoxy groups -OCH3 is 1. The summed E-state index contributed by atoms with van der Waals surface area (Å²) < 4.78 is 5.17. The molecule has 84 valence electrons. The molecular weight excluding hydrogens is 190 g/mol. The minimum atomic E-state index is -0.154. The summed E-state index contributed by atoms with van der Waals surface area (Å²) >= 11 is 0. The van der Waals surface area contributed by atoms with E-state index in [1.54, 1.807) is 27.2 Å². The molecule has 0 aromatic heterocycles. The van der Waals surface area contributed by atoms with E-state index in [0.29, 0.717) is 16.9 Å². The average Bonchev–Trinajstić information content (AvgIpc) is 2.17. The van der Waals surface area contributed by atoms with Gasteiger partial charge in [0.1, 0.15) is 5.76 Å². The first-order valence-electron chi connectivity index (χ1n) is 4.75. The Morgan fingerprint density at radius 1 is 1.33 bits per heavy atom. The number of hydrogen-bond acceptors (Lipinski definition) is 2. The van der Waals surface area contributed by atoms with Crippen LogP contribution in [-0.2, 0) is 9.53 Å². The van der Waals surface area contributed by atoms with Crippen LogP contribution in [0.15, 0.2) is 35.1 Å². The van der Waals surface area contributed by atoms with Gasteiger partial charge < -0.3 is 10.1 Å². The summed E-state index contributed by atoms with van der Waals surface area (Å²) in [4.78, 5) is 11.5. The number of ether oxygens (including phenoxy) is 1. The molecule has 0 fully saturated rings. The number of nitrogens with one attached hydrogen (secondary N) is 1. The summed E-state index contributed by atoms with van der Waals surface area (Å²) in [7, 11) is 3.17. The molecule has 0 aromatic rings. The Hall–Kier alpha value is -1.51. The third kappa shape index (κ3) is 4.02. The van der Waals surface area contributed by atoms with Gasteiger partial charge in [-0.3, -0.25) is 4.79 Å². The Balaban J connectivity index is 5.26. The summed E-state index contributed by atoms with van der Waals surface area (Å²) in [6, 6.07) is 0. The molecule has 0 rings (SSSR count). The zero-order chi connectivity index (χ0) is 12.0. The number of hydrogen-bond donors (Lipinski definition) is 1. The molecule has 15 heavy (non-hydrogen) atoms. The van der Waals surface area contributed by atoms with Gasteiger partial charge in [-0.05, 0) is 38.0 Å². The SMILES string of the molecule is C=C(C)/C(=C\C(OC)=C(C)C)C(=O)NC. The lowest BCUT2D eigenvalue weighted by molar-refractivity contribution is -0.116. The smallest absolute Gasteiger partial charge is 0.251 e. The molecule has 1 N–H and O–H groups in total. The lowest BCUT2D eigenvalue weighted by Gasteiger charge is -2.08. The van der Waals surface area contributed by atoms with Gasteiger partial charge in [0.25, 0.3) is 5.91 Å². The van der Waals surface area contributed by atoms with Crippen molar-refractivity contribution in [2.75, 3.05) is 14.2 Å². The molecule has 3 heteroatoms. The quantitative estimate of drug-likeness (QED) is 0.438. The van der Waals surface area contributed by atoms with Gasteiger partial charge in [0, 0.05) is 12.6 Å². The maximum Gasteiger partial charge on any atom is 0.251 e. The molecule has 0 radical (unpaired) electrons. The van der Waals surface area contributed by atoms with Crippen LogP contribution in [0.5, 0.6) is 0 Å². The van der Waals surface area contributed by atoms with Crippen LogP contribution in [0.25, 0.3) is 0 Å². The van der Waals surface area contributed by atoms with Crippen molar-refractivity contribution in [1.82, 2.24) is 5.32 Å². The summed E-state index contributed by atoms with van der Waals surface area (Å²) in [5, 5.41) is 2.57. The van der Waals surface area contributed by atoms with Gasteiger partial charge in [0.2, 0.25) is 0 Å². The van der Waals surface area contributed by atoms with Crippen molar-refractivity contribution in [2.24, 2.45) is 0 Å². The first-order chi connectivity index (χ1) is 6.93. The van der Waals surface area contributed by atoms with Crippen LogP contribution < -0.4 is 5.32 Å². The molecule has 0 aliphatic heterocycles. The van der Waals surface area contributed by atoms with Crippen LogP contribution in [0.2, 0.25) is 0 Å². The molecule has 1 amide bonds. The van der Waals surface area contributed by atoms with Crippen molar-refractivity contribution in [3.8, 4) is 0 Å². The monoisotopic (exact) mass is 209 g/mol. The second-order valence-corrected chi connectivity index (χ2v) is 3.49. The van der Waals surface area contributed by atoms with E-state index < -0.39 is 0 Å². The Kier molecular flexibility index (Phi) is 5.45. The maximum absolute atomic E-state index is 11.5. The van der Waals surface area contributed by atoms with E-state index in [1.165, 1.54) is 0 Å². The Morgan fingerprint density at radius 2 is 1.87 bits per heavy atom. The highest BCUT2D eigenvalue weighted by molar-refractivity contribution is 5.97. The van der Waals surface area contributed by atoms with Crippen LogP contribution >= 0.6 is 0 Å². The van der Waals surface area contributed by atoms with Crippen molar-refractivity contribution in [1.29, 1.82) is 0 Å². The highest BCUT2D eigenvalue weighted by atomic mass is 16.5. The largest absolute Gasteiger partial charge is 0.497 e. The second kappa shape index (κ2) is 6.06. The van der Waals surface area contributed by atoms with Crippen LogP contribution in [0, 0.1) is 0 Å². The summed E-state index contributed by atoms with van der Waals surface area (Å²) in [6.07, 6.45) is 1.70. The van der Waals surface area contributed by atoms with Crippen LogP contribution in [0.3, 0.4) is 0 Å². The third-order valence-corrected chi connectivity index (χ3v) is 1.92. The molecule has 0 unspecified atom stereocenters. The Morgan fingerprint density at radius 3 is 2.13 bits per heavy atom.